The van der Waals surface area contributed by atoms with Gasteiger partial charge in [0.05, 0.1) is 6.33 Å². The van der Waals surface area contributed by atoms with E-state index in [0.717, 1.165) is 12.8 Å². The third kappa shape index (κ3) is 4.23. The lowest BCUT2D eigenvalue weighted by atomic mass is 10.2. The summed E-state index contributed by atoms with van der Waals surface area (Å²) in [6.07, 6.45) is 4.69. The van der Waals surface area contributed by atoms with Gasteiger partial charge in [0.25, 0.3) is 10.0 Å². The summed E-state index contributed by atoms with van der Waals surface area (Å²) in [5.74, 6) is 0. The average Bonchev–Trinajstić information content (AvgIpc) is 2.60. The first-order chi connectivity index (χ1) is 7.42. The Kier molecular flexibility index (Phi) is 4.94. The Labute approximate surface area is 104 Å². The second-order valence-electron chi connectivity index (χ2n) is 3.70. The highest BCUT2D eigenvalue weighted by molar-refractivity contribution is 9.09. The van der Waals surface area contributed by atoms with E-state index in [1.54, 1.807) is 11.6 Å². The van der Waals surface area contributed by atoms with Gasteiger partial charge in [0.2, 0.25) is 0 Å². The summed E-state index contributed by atoms with van der Waals surface area (Å²) in [6.45, 7) is 2.47. The zero-order valence-electron chi connectivity index (χ0n) is 9.35. The fourth-order valence-corrected chi connectivity index (χ4v) is 2.57. The lowest BCUT2D eigenvalue weighted by molar-refractivity contribution is 0.573. The Balaban J connectivity index is 2.47. The smallest absolute Gasteiger partial charge is 0.259 e. The van der Waals surface area contributed by atoms with Crippen molar-refractivity contribution in [3.05, 3.63) is 12.5 Å². The van der Waals surface area contributed by atoms with Gasteiger partial charge in [0.15, 0.2) is 5.03 Å². The summed E-state index contributed by atoms with van der Waals surface area (Å²) < 4.78 is 27.5. The minimum atomic E-state index is -3.43. The van der Waals surface area contributed by atoms with Crippen LogP contribution in [0.2, 0.25) is 0 Å². The van der Waals surface area contributed by atoms with Crippen LogP contribution >= 0.6 is 15.9 Å². The molecule has 0 fully saturated rings. The maximum absolute atomic E-state index is 11.7. The number of hydrogen-bond acceptors (Lipinski definition) is 3. The first kappa shape index (κ1) is 13.7. The molecule has 1 atom stereocenters. The zero-order chi connectivity index (χ0) is 12.2. The fraction of sp³-hybridized carbons (Fsp3) is 0.667. The van der Waals surface area contributed by atoms with Crippen LogP contribution in [0.4, 0.5) is 0 Å². The first-order valence-corrected chi connectivity index (χ1v) is 7.43. The van der Waals surface area contributed by atoms with Crippen molar-refractivity contribution in [3.8, 4) is 0 Å². The highest BCUT2D eigenvalue weighted by Gasteiger charge is 2.15. The molecular formula is C9H16BrN3O2S. The molecule has 1 heterocycles. The zero-order valence-corrected chi connectivity index (χ0v) is 11.8. The maximum Gasteiger partial charge on any atom is 0.259 e. The largest absolute Gasteiger partial charge is 0.339 e. The van der Waals surface area contributed by atoms with E-state index < -0.39 is 10.0 Å². The van der Waals surface area contributed by atoms with Crippen LogP contribution in [-0.2, 0) is 17.1 Å². The molecule has 0 saturated heterocycles. The van der Waals surface area contributed by atoms with Gasteiger partial charge in [-0.1, -0.05) is 22.9 Å². The van der Waals surface area contributed by atoms with E-state index in [2.05, 4.69) is 25.6 Å². The first-order valence-electron chi connectivity index (χ1n) is 5.03. The summed E-state index contributed by atoms with van der Waals surface area (Å²) >= 11 is 3.41. The molecule has 5 nitrogen and oxygen atoms in total. The van der Waals surface area contributed by atoms with Gasteiger partial charge in [-0.15, -0.1) is 0 Å². The molecule has 0 saturated carbocycles. The van der Waals surface area contributed by atoms with Gasteiger partial charge in [-0.3, -0.25) is 0 Å². The van der Waals surface area contributed by atoms with Crippen LogP contribution in [0.5, 0.6) is 0 Å². The molecule has 1 rings (SSSR count). The average molecular weight is 310 g/mol. The summed E-state index contributed by atoms with van der Waals surface area (Å²) in [5.41, 5.74) is 0. The number of aromatic nitrogens is 2. The van der Waals surface area contributed by atoms with Crippen LogP contribution in [0, 0.1) is 0 Å². The number of imidazole rings is 1. The molecule has 0 aliphatic rings. The van der Waals surface area contributed by atoms with Crippen LogP contribution < -0.4 is 4.72 Å². The van der Waals surface area contributed by atoms with Crippen molar-refractivity contribution < 1.29 is 8.42 Å². The summed E-state index contributed by atoms with van der Waals surface area (Å²) in [6, 6.07) is 0. The van der Waals surface area contributed by atoms with Crippen LogP contribution in [-0.4, -0.2) is 29.3 Å². The third-order valence-corrected chi connectivity index (χ3v) is 3.83. The van der Waals surface area contributed by atoms with Crippen LogP contribution in [0.25, 0.3) is 0 Å². The number of aryl methyl sites for hydroxylation is 1. The second-order valence-corrected chi connectivity index (χ2v) is 6.98. The molecule has 0 bridgehead atoms. The lowest BCUT2D eigenvalue weighted by Crippen LogP contribution is -2.25. The molecule has 1 aromatic rings. The van der Waals surface area contributed by atoms with Crippen molar-refractivity contribution >= 4 is 26.0 Å². The van der Waals surface area contributed by atoms with Gasteiger partial charge in [0, 0.05) is 24.6 Å². The SMILES string of the molecule is CC(Br)CCCNS(=O)(=O)c1cn(C)cn1. The summed E-state index contributed by atoms with van der Waals surface area (Å²) in [7, 11) is -1.70. The quantitative estimate of drug-likeness (QED) is 0.635. The van der Waals surface area contributed by atoms with Crippen molar-refractivity contribution in [2.75, 3.05) is 6.54 Å². The van der Waals surface area contributed by atoms with E-state index >= 15 is 0 Å². The molecule has 1 unspecified atom stereocenters. The molecule has 1 N–H and O–H groups in total. The van der Waals surface area contributed by atoms with Crippen molar-refractivity contribution in [2.45, 2.75) is 29.6 Å². The van der Waals surface area contributed by atoms with E-state index in [9.17, 15) is 8.42 Å². The number of sulfonamides is 1. The number of alkyl halides is 1. The molecule has 0 aliphatic heterocycles. The van der Waals surface area contributed by atoms with Crippen molar-refractivity contribution in [3.63, 3.8) is 0 Å². The highest BCUT2D eigenvalue weighted by atomic mass is 79.9. The topological polar surface area (TPSA) is 64.0 Å². The number of nitrogens with one attached hydrogen (secondary N) is 1. The highest BCUT2D eigenvalue weighted by Crippen LogP contribution is 2.07. The van der Waals surface area contributed by atoms with Gasteiger partial charge >= 0.3 is 0 Å². The van der Waals surface area contributed by atoms with Crippen LogP contribution in [0.15, 0.2) is 17.6 Å². The van der Waals surface area contributed by atoms with E-state index in [0.29, 0.717) is 11.4 Å². The van der Waals surface area contributed by atoms with Crippen molar-refractivity contribution in [1.29, 1.82) is 0 Å². The predicted molar refractivity (Wildman–Crippen MR) is 66.0 cm³/mol. The fourth-order valence-electron chi connectivity index (χ4n) is 1.19. The number of rotatable bonds is 6. The van der Waals surface area contributed by atoms with Gasteiger partial charge in [0.1, 0.15) is 0 Å². The molecule has 92 valence electrons. The minimum absolute atomic E-state index is 0.0712. The van der Waals surface area contributed by atoms with E-state index in [-0.39, 0.29) is 5.03 Å². The Morgan fingerprint density at radius 2 is 2.31 bits per heavy atom. The van der Waals surface area contributed by atoms with Gasteiger partial charge < -0.3 is 4.57 Å². The molecule has 0 aromatic carbocycles. The third-order valence-electron chi connectivity index (χ3n) is 2.03. The Morgan fingerprint density at radius 1 is 1.62 bits per heavy atom. The number of nitrogens with zero attached hydrogens (tertiary/aromatic N) is 2. The van der Waals surface area contributed by atoms with E-state index in [1.165, 1.54) is 12.5 Å². The summed E-state index contributed by atoms with van der Waals surface area (Å²) in [5, 5.41) is 0.0712. The van der Waals surface area contributed by atoms with E-state index in [4.69, 9.17) is 0 Å². The van der Waals surface area contributed by atoms with Crippen LogP contribution in [0.1, 0.15) is 19.8 Å². The van der Waals surface area contributed by atoms with Gasteiger partial charge in [-0.25, -0.2) is 18.1 Å². The number of hydrogen-bond donors (Lipinski definition) is 1. The van der Waals surface area contributed by atoms with Gasteiger partial charge in [-0.2, -0.15) is 0 Å². The molecule has 0 amide bonds. The summed E-state index contributed by atoms with van der Waals surface area (Å²) in [4.78, 5) is 4.21. The molecule has 0 spiro atoms. The molecule has 0 radical (unpaired) electrons. The van der Waals surface area contributed by atoms with Crippen molar-refractivity contribution in [1.82, 2.24) is 14.3 Å². The Bertz CT molecular complexity index is 428. The molecule has 16 heavy (non-hydrogen) atoms. The Hall–Kier alpha value is -0.400. The maximum atomic E-state index is 11.7. The second kappa shape index (κ2) is 5.79. The standard InChI is InChI=1S/C9H16BrN3O2S/c1-8(10)4-3-5-12-16(14,15)9-6-13(2)7-11-9/h6-8,12H,3-5H2,1-2H3. The minimum Gasteiger partial charge on any atom is -0.339 e. The molecule has 0 aliphatic carbocycles. The molecule has 7 heteroatoms. The Morgan fingerprint density at radius 3 is 2.81 bits per heavy atom. The normalized spacial score (nSPS) is 13.9. The lowest BCUT2D eigenvalue weighted by Gasteiger charge is -2.05. The van der Waals surface area contributed by atoms with E-state index in [1.807, 2.05) is 6.92 Å². The van der Waals surface area contributed by atoms with Crippen molar-refractivity contribution in [2.24, 2.45) is 7.05 Å². The predicted octanol–water partition coefficient (Wildman–Crippen LogP) is 1.26. The van der Waals surface area contributed by atoms with Gasteiger partial charge in [-0.05, 0) is 12.8 Å². The number of halogens is 1. The molecular weight excluding hydrogens is 294 g/mol. The monoisotopic (exact) mass is 309 g/mol. The molecule has 1 aromatic heterocycles. The van der Waals surface area contributed by atoms with Crippen LogP contribution in [0.3, 0.4) is 0 Å².